The lowest BCUT2D eigenvalue weighted by molar-refractivity contribution is -0.139. The predicted octanol–water partition coefficient (Wildman–Crippen LogP) is 4.03. The number of benzene rings is 2. The Hall–Kier alpha value is -2.60. The molecule has 0 heterocycles. The fraction of sp³-hybridized carbons (Fsp3) is 0.286. The Balaban J connectivity index is 1.98. The van der Waals surface area contributed by atoms with E-state index in [2.05, 4.69) is 5.32 Å². The third-order valence-electron chi connectivity index (χ3n) is 4.01. The van der Waals surface area contributed by atoms with Gasteiger partial charge in [0.25, 0.3) is 5.91 Å². The third-order valence-corrected chi connectivity index (χ3v) is 5.01. The lowest BCUT2D eigenvalue weighted by Gasteiger charge is -2.14. The number of carbonyl (C=O) groups excluding carboxylic acids is 2. The summed E-state index contributed by atoms with van der Waals surface area (Å²) >= 11 is 1.35. The summed E-state index contributed by atoms with van der Waals surface area (Å²) in [6.45, 7) is 1.97. The maximum atomic E-state index is 12.4. The molecule has 2 rings (SSSR count). The molecule has 2 N–H and O–H groups in total. The van der Waals surface area contributed by atoms with Gasteiger partial charge in [-0.15, -0.1) is 11.8 Å². The molecular formula is C21H23NO4S. The molecule has 0 radical (unpaired) electrons. The van der Waals surface area contributed by atoms with Crippen molar-refractivity contribution in [1.29, 1.82) is 0 Å². The summed E-state index contributed by atoms with van der Waals surface area (Å²) in [6.07, 6.45) is 1.99. The molecule has 1 unspecified atom stereocenters. The Kier molecular flexibility index (Phi) is 8.07. The number of hydrogen-bond donors (Lipinski definition) is 2. The zero-order chi connectivity index (χ0) is 19.6. The molecule has 0 aliphatic heterocycles. The maximum Gasteiger partial charge on any atom is 0.326 e. The first-order valence-corrected chi connectivity index (χ1v) is 9.84. The summed E-state index contributed by atoms with van der Waals surface area (Å²) in [7, 11) is 0. The summed E-state index contributed by atoms with van der Waals surface area (Å²) in [5.74, 6) is -1.17. The highest BCUT2D eigenvalue weighted by Gasteiger charge is 2.20. The summed E-state index contributed by atoms with van der Waals surface area (Å²) < 4.78 is 0. The van der Waals surface area contributed by atoms with Crippen molar-refractivity contribution in [2.75, 3.05) is 5.75 Å². The van der Waals surface area contributed by atoms with Crippen LogP contribution in [0.2, 0.25) is 0 Å². The molecule has 0 saturated carbocycles. The summed E-state index contributed by atoms with van der Waals surface area (Å²) in [6, 6.07) is 15.0. The van der Waals surface area contributed by atoms with Gasteiger partial charge in [-0.25, -0.2) is 4.79 Å². The van der Waals surface area contributed by atoms with Crippen molar-refractivity contribution in [3.05, 3.63) is 65.7 Å². The highest BCUT2D eigenvalue weighted by atomic mass is 32.2. The van der Waals surface area contributed by atoms with Crippen molar-refractivity contribution in [3.63, 3.8) is 0 Å². The SMILES string of the molecule is CCCCC(NC(=O)c1cccc(SCC(=O)c2ccccc2)c1)C(=O)O. The molecule has 0 saturated heterocycles. The number of unbranched alkanes of at least 4 members (excludes halogenated alkanes) is 1. The van der Waals surface area contributed by atoms with E-state index in [1.54, 1.807) is 30.3 Å². The average molecular weight is 385 g/mol. The van der Waals surface area contributed by atoms with Gasteiger partial charge in [0.15, 0.2) is 5.78 Å². The van der Waals surface area contributed by atoms with Crippen LogP contribution < -0.4 is 5.32 Å². The fourth-order valence-electron chi connectivity index (χ4n) is 2.49. The van der Waals surface area contributed by atoms with Crippen LogP contribution in [0.1, 0.15) is 46.9 Å². The lowest BCUT2D eigenvalue weighted by atomic mass is 10.1. The number of rotatable bonds is 10. The first kappa shape index (κ1) is 20.7. The van der Waals surface area contributed by atoms with Gasteiger partial charge < -0.3 is 10.4 Å². The normalized spacial score (nSPS) is 11.6. The van der Waals surface area contributed by atoms with Crippen LogP contribution in [0.3, 0.4) is 0 Å². The molecule has 27 heavy (non-hydrogen) atoms. The number of Topliss-reactive ketones (excluding diaryl/α,β-unsaturated/α-hetero) is 1. The monoisotopic (exact) mass is 385 g/mol. The number of carboxylic acid groups (broad SMARTS) is 1. The van der Waals surface area contributed by atoms with Gasteiger partial charge in [-0.2, -0.15) is 0 Å². The number of ketones is 1. The minimum Gasteiger partial charge on any atom is -0.480 e. The standard InChI is InChI=1S/C21H23NO4S/c1-2-3-12-18(21(25)26)22-20(24)16-10-7-11-17(13-16)27-14-19(23)15-8-5-4-6-9-15/h4-11,13,18H,2-3,12,14H2,1H3,(H,22,24)(H,25,26). The largest absolute Gasteiger partial charge is 0.480 e. The molecule has 0 aromatic heterocycles. The molecule has 6 heteroatoms. The Bertz CT molecular complexity index is 792. The molecular weight excluding hydrogens is 362 g/mol. The summed E-state index contributed by atoms with van der Waals surface area (Å²) in [5, 5.41) is 11.8. The molecule has 1 amide bonds. The first-order chi connectivity index (χ1) is 13.0. The Morgan fingerprint density at radius 1 is 1.04 bits per heavy atom. The summed E-state index contributed by atoms with van der Waals surface area (Å²) in [5.41, 5.74) is 1.04. The number of aliphatic carboxylic acids is 1. The molecule has 1 atom stereocenters. The zero-order valence-corrected chi connectivity index (χ0v) is 16.0. The number of amides is 1. The van der Waals surface area contributed by atoms with Crippen molar-refractivity contribution in [2.24, 2.45) is 0 Å². The Morgan fingerprint density at radius 2 is 1.74 bits per heavy atom. The quantitative estimate of drug-likeness (QED) is 0.476. The molecule has 0 fully saturated rings. The highest BCUT2D eigenvalue weighted by molar-refractivity contribution is 8.00. The molecule has 0 bridgehead atoms. The molecule has 2 aromatic rings. The van der Waals surface area contributed by atoms with E-state index in [0.29, 0.717) is 17.5 Å². The zero-order valence-electron chi connectivity index (χ0n) is 15.2. The van der Waals surface area contributed by atoms with Gasteiger partial charge in [-0.3, -0.25) is 9.59 Å². The second-order valence-corrected chi connectivity index (χ2v) is 7.16. The van der Waals surface area contributed by atoms with Crippen LogP contribution in [-0.2, 0) is 4.79 Å². The van der Waals surface area contributed by atoms with Crippen molar-refractivity contribution < 1.29 is 19.5 Å². The molecule has 2 aromatic carbocycles. The second-order valence-electron chi connectivity index (χ2n) is 6.11. The van der Waals surface area contributed by atoms with Crippen molar-refractivity contribution in [2.45, 2.75) is 37.1 Å². The lowest BCUT2D eigenvalue weighted by Crippen LogP contribution is -2.40. The van der Waals surface area contributed by atoms with Crippen molar-refractivity contribution in [1.82, 2.24) is 5.32 Å². The fourth-order valence-corrected chi connectivity index (χ4v) is 3.34. The van der Waals surface area contributed by atoms with E-state index in [9.17, 15) is 19.5 Å². The van der Waals surface area contributed by atoms with Crippen LogP contribution in [0.4, 0.5) is 0 Å². The van der Waals surface area contributed by atoms with Crippen molar-refractivity contribution >= 4 is 29.4 Å². The highest BCUT2D eigenvalue weighted by Crippen LogP contribution is 2.21. The average Bonchev–Trinajstić information content (AvgIpc) is 2.69. The van der Waals surface area contributed by atoms with Crippen molar-refractivity contribution in [3.8, 4) is 0 Å². The van der Waals surface area contributed by atoms with E-state index in [0.717, 1.165) is 17.7 Å². The van der Waals surface area contributed by atoms with Gasteiger partial charge in [0.2, 0.25) is 0 Å². The van der Waals surface area contributed by atoms with Crippen LogP contribution >= 0.6 is 11.8 Å². The number of nitrogens with one attached hydrogen (secondary N) is 1. The van der Waals surface area contributed by atoms with Gasteiger partial charge in [0.05, 0.1) is 5.75 Å². The number of hydrogen-bond acceptors (Lipinski definition) is 4. The molecule has 0 spiro atoms. The maximum absolute atomic E-state index is 12.4. The Morgan fingerprint density at radius 3 is 2.41 bits per heavy atom. The minimum absolute atomic E-state index is 0.0148. The topological polar surface area (TPSA) is 83.5 Å². The molecule has 142 valence electrons. The van der Waals surface area contributed by atoms with Gasteiger partial charge in [-0.1, -0.05) is 56.2 Å². The van der Waals surface area contributed by atoms with Crippen LogP contribution in [0.5, 0.6) is 0 Å². The number of thioether (sulfide) groups is 1. The molecule has 0 aliphatic rings. The molecule has 5 nitrogen and oxygen atoms in total. The van der Waals surface area contributed by atoms with E-state index in [1.165, 1.54) is 11.8 Å². The van der Waals surface area contributed by atoms with Crippen LogP contribution in [0, 0.1) is 0 Å². The van der Waals surface area contributed by atoms with Crippen LogP contribution in [-0.4, -0.2) is 34.6 Å². The molecule has 0 aliphatic carbocycles. The first-order valence-electron chi connectivity index (χ1n) is 8.86. The summed E-state index contributed by atoms with van der Waals surface area (Å²) in [4.78, 5) is 36.7. The van der Waals surface area contributed by atoms with Gasteiger partial charge in [-0.05, 0) is 24.6 Å². The van der Waals surface area contributed by atoms with E-state index in [4.69, 9.17) is 0 Å². The minimum atomic E-state index is -1.03. The van der Waals surface area contributed by atoms with Crippen LogP contribution in [0.15, 0.2) is 59.5 Å². The predicted molar refractivity (Wildman–Crippen MR) is 106 cm³/mol. The van der Waals surface area contributed by atoms with E-state index in [-0.39, 0.29) is 11.5 Å². The second kappa shape index (κ2) is 10.5. The number of carbonyl (C=O) groups is 3. The van der Waals surface area contributed by atoms with E-state index < -0.39 is 17.9 Å². The van der Waals surface area contributed by atoms with E-state index in [1.807, 2.05) is 31.2 Å². The smallest absolute Gasteiger partial charge is 0.326 e. The number of carboxylic acids is 1. The van der Waals surface area contributed by atoms with Gasteiger partial charge in [0, 0.05) is 16.0 Å². The third kappa shape index (κ3) is 6.57. The van der Waals surface area contributed by atoms with Gasteiger partial charge >= 0.3 is 5.97 Å². The van der Waals surface area contributed by atoms with E-state index >= 15 is 0 Å². The van der Waals surface area contributed by atoms with Crippen LogP contribution in [0.25, 0.3) is 0 Å². The van der Waals surface area contributed by atoms with Gasteiger partial charge in [0.1, 0.15) is 6.04 Å². The Labute approximate surface area is 163 Å².